The summed E-state index contributed by atoms with van der Waals surface area (Å²) in [5, 5.41) is 2.62. The molecule has 21 heavy (non-hydrogen) atoms. The Labute approximate surface area is 122 Å². The van der Waals surface area contributed by atoms with Gasteiger partial charge in [-0.25, -0.2) is 4.39 Å². The summed E-state index contributed by atoms with van der Waals surface area (Å²) < 4.78 is 12.8. The smallest absolute Gasteiger partial charge is 0.251 e. The van der Waals surface area contributed by atoms with Crippen LogP contribution in [-0.2, 0) is 9.59 Å². The van der Waals surface area contributed by atoms with Gasteiger partial charge in [0.2, 0.25) is 5.91 Å². The second-order valence-corrected chi connectivity index (χ2v) is 4.96. The molecule has 2 amide bonds. The van der Waals surface area contributed by atoms with Crippen LogP contribution in [0.25, 0.3) is 0 Å². The molecule has 0 saturated carbocycles. The highest BCUT2D eigenvalue weighted by Crippen LogP contribution is 2.11. The molecule has 1 aromatic rings. The highest BCUT2D eigenvalue weighted by Gasteiger charge is 2.29. The Balaban J connectivity index is 2.02. The van der Waals surface area contributed by atoms with Gasteiger partial charge in [0.05, 0.1) is 0 Å². The van der Waals surface area contributed by atoms with E-state index in [1.807, 2.05) is 0 Å². The van der Waals surface area contributed by atoms with E-state index < -0.39 is 17.8 Å². The van der Waals surface area contributed by atoms with Crippen molar-refractivity contribution in [2.75, 3.05) is 13.1 Å². The highest BCUT2D eigenvalue weighted by atomic mass is 19.1. The van der Waals surface area contributed by atoms with Gasteiger partial charge in [0, 0.05) is 25.1 Å². The second kappa shape index (κ2) is 6.97. The van der Waals surface area contributed by atoms with Crippen molar-refractivity contribution in [1.29, 1.82) is 0 Å². The molecule has 1 aromatic carbocycles. The first kappa shape index (κ1) is 15.2. The van der Waals surface area contributed by atoms with Crippen molar-refractivity contribution in [3.63, 3.8) is 0 Å². The quantitative estimate of drug-likeness (QED) is 0.799. The fraction of sp³-hybridized carbons (Fsp3) is 0.400. The van der Waals surface area contributed by atoms with Crippen LogP contribution in [0.5, 0.6) is 0 Å². The lowest BCUT2D eigenvalue weighted by molar-refractivity contribution is -0.136. The first-order valence-electron chi connectivity index (χ1n) is 6.90. The summed E-state index contributed by atoms with van der Waals surface area (Å²) in [5.74, 6) is -1.04. The number of carbonyl (C=O) groups excluding carboxylic acids is 3. The summed E-state index contributed by atoms with van der Waals surface area (Å²) in [5.41, 5.74) is 0.281. The molecule has 1 N–H and O–H groups in total. The lowest BCUT2D eigenvalue weighted by Crippen LogP contribution is -2.53. The molecule has 6 heteroatoms. The van der Waals surface area contributed by atoms with Gasteiger partial charge in [-0.3, -0.25) is 9.59 Å². The van der Waals surface area contributed by atoms with Crippen molar-refractivity contribution in [1.82, 2.24) is 10.2 Å². The number of rotatable bonds is 6. The van der Waals surface area contributed by atoms with Crippen molar-refractivity contribution in [2.24, 2.45) is 0 Å². The number of hydrogen-bond acceptors (Lipinski definition) is 3. The van der Waals surface area contributed by atoms with Crippen molar-refractivity contribution >= 4 is 18.1 Å². The number of aldehydes is 1. The Morgan fingerprint density at radius 1 is 1.29 bits per heavy atom. The molecule has 1 aliphatic heterocycles. The van der Waals surface area contributed by atoms with E-state index in [0.717, 1.165) is 12.7 Å². The van der Waals surface area contributed by atoms with Crippen LogP contribution < -0.4 is 5.32 Å². The van der Waals surface area contributed by atoms with Crippen LogP contribution in [0.4, 0.5) is 4.39 Å². The Kier molecular flexibility index (Phi) is 5.03. The summed E-state index contributed by atoms with van der Waals surface area (Å²) in [4.78, 5) is 36.4. The predicted octanol–water partition coefficient (Wildman–Crippen LogP) is 1.14. The standard InChI is InChI=1S/C15H17FN2O3/c16-12-6-4-11(5-7-12)14(20)17-13(3-1-10-19)15(21)18-8-2-9-18/h4-7,10,13H,1-3,8-9H2,(H,17,20)/t13-/m0/s1. The van der Waals surface area contributed by atoms with Crippen LogP contribution in [0.2, 0.25) is 0 Å². The Morgan fingerprint density at radius 2 is 1.95 bits per heavy atom. The minimum Gasteiger partial charge on any atom is -0.341 e. The van der Waals surface area contributed by atoms with E-state index in [2.05, 4.69) is 5.32 Å². The maximum atomic E-state index is 12.8. The van der Waals surface area contributed by atoms with E-state index in [4.69, 9.17) is 0 Å². The summed E-state index contributed by atoms with van der Waals surface area (Å²) in [6.07, 6.45) is 2.15. The van der Waals surface area contributed by atoms with Gasteiger partial charge in [-0.15, -0.1) is 0 Å². The molecule has 0 radical (unpaired) electrons. The zero-order valence-corrected chi connectivity index (χ0v) is 11.5. The first-order chi connectivity index (χ1) is 10.1. The van der Waals surface area contributed by atoms with E-state index in [-0.39, 0.29) is 24.3 Å². The normalized spacial score (nSPS) is 15.0. The third-order valence-corrected chi connectivity index (χ3v) is 3.45. The maximum absolute atomic E-state index is 12.8. The summed E-state index contributed by atoms with van der Waals surface area (Å²) in [7, 11) is 0. The van der Waals surface area contributed by atoms with Crippen LogP contribution in [0.1, 0.15) is 29.6 Å². The average molecular weight is 292 g/mol. The number of halogens is 1. The molecule has 1 aliphatic rings. The van der Waals surface area contributed by atoms with Crippen LogP contribution in [0.15, 0.2) is 24.3 Å². The predicted molar refractivity (Wildman–Crippen MR) is 74.1 cm³/mol. The second-order valence-electron chi connectivity index (χ2n) is 4.96. The first-order valence-corrected chi connectivity index (χ1v) is 6.90. The zero-order valence-electron chi connectivity index (χ0n) is 11.5. The van der Waals surface area contributed by atoms with Crippen LogP contribution in [0, 0.1) is 5.82 Å². The van der Waals surface area contributed by atoms with Crippen molar-refractivity contribution < 1.29 is 18.8 Å². The number of nitrogens with zero attached hydrogens (tertiary/aromatic N) is 1. The van der Waals surface area contributed by atoms with E-state index in [0.29, 0.717) is 13.1 Å². The molecule has 0 spiro atoms. The largest absolute Gasteiger partial charge is 0.341 e. The molecule has 112 valence electrons. The van der Waals surface area contributed by atoms with Crippen LogP contribution in [-0.4, -0.2) is 42.1 Å². The summed E-state index contributed by atoms with van der Waals surface area (Å²) >= 11 is 0. The lowest BCUT2D eigenvalue weighted by atomic mass is 10.1. The molecular weight excluding hydrogens is 275 g/mol. The number of carbonyl (C=O) groups is 3. The number of likely N-dealkylation sites (tertiary alicyclic amines) is 1. The number of nitrogens with one attached hydrogen (secondary N) is 1. The third kappa shape index (κ3) is 3.87. The minimum absolute atomic E-state index is 0.168. The molecule has 1 saturated heterocycles. The molecule has 0 aromatic heterocycles. The maximum Gasteiger partial charge on any atom is 0.251 e. The number of amides is 2. The molecule has 1 heterocycles. The summed E-state index contributed by atoms with van der Waals surface area (Å²) in [6, 6.07) is 4.37. The monoisotopic (exact) mass is 292 g/mol. The van der Waals surface area contributed by atoms with Gasteiger partial charge in [0.15, 0.2) is 0 Å². The lowest BCUT2D eigenvalue weighted by Gasteiger charge is -2.34. The Hall–Kier alpha value is -2.24. The zero-order chi connectivity index (χ0) is 15.2. The van der Waals surface area contributed by atoms with Crippen molar-refractivity contribution in [2.45, 2.75) is 25.3 Å². The number of hydrogen-bond donors (Lipinski definition) is 1. The van der Waals surface area contributed by atoms with E-state index >= 15 is 0 Å². The van der Waals surface area contributed by atoms with Crippen LogP contribution >= 0.6 is 0 Å². The molecule has 0 aliphatic carbocycles. The Morgan fingerprint density at radius 3 is 2.48 bits per heavy atom. The molecule has 5 nitrogen and oxygen atoms in total. The molecule has 1 atom stereocenters. The topological polar surface area (TPSA) is 66.5 Å². The van der Waals surface area contributed by atoms with E-state index in [9.17, 15) is 18.8 Å². The third-order valence-electron chi connectivity index (χ3n) is 3.45. The van der Waals surface area contributed by atoms with Gasteiger partial charge < -0.3 is 15.0 Å². The van der Waals surface area contributed by atoms with Gasteiger partial charge in [-0.05, 0) is 37.1 Å². The molecule has 1 fully saturated rings. The SMILES string of the molecule is O=CCC[C@H](NC(=O)c1ccc(F)cc1)C(=O)N1CCC1. The van der Waals surface area contributed by atoms with Crippen molar-refractivity contribution in [3.8, 4) is 0 Å². The fourth-order valence-corrected chi connectivity index (χ4v) is 2.09. The number of benzene rings is 1. The highest BCUT2D eigenvalue weighted by molar-refractivity contribution is 5.97. The molecule has 2 rings (SSSR count). The van der Waals surface area contributed by atoms with Gasteiger partial charge in [0.25, 0.3) is 5.91 Å². The van der Waals surface area contributed by atoms with E-state index in [1.54, 1.807) is 4.90 Å². The van der Waals surface area contributed by atoms with Gasteiger partial charge in [-0.2, -0.15) is 0 Å². The summed E-state index contributed by atoms with van der Waals surface area (Å²) in [6.45, 7) is 1.37. The fourth-order valence-electron chi connectivity index (χ4n) is 2.09. The Bertz CT molecular complexity index is 526. The van der Waals surface area contributed by atoms with Crippen LogP contribution in [0.3, 0.4) is 0 Å². The van der Waals surface area contributed by atoms with Gasteiger partial charge in [-0.1, -0.05) is 0 Å². The molecule has 0 unspecified atom stereocenters. The average Bonchev–Trinajstić information content (AvgIpc) is 2.42. The minimum atomic E-state index is -0.715. The van der Waals surface area contributed by atoms with Crippen molar-refractivity contribution in [3.05, 3.63) is 35.6 Å². The van der Waals surface area contributed by atoms with Gasteiger partial charge >= 0.3 is 0 Å². The molecule has 0 bridgehead atoms. The molecular formula is C15H17FN2O3. The van der Waals surface area contributed by atoms with E-state index in [1.165, 1.54) is 24.3 Å². The van der Waals surface area contributed by atoms with Gasteiger partial charge in [0.1, 0.15) is 18.1 Å².